The van der Waals surface area contributed by atoms with Gasteiger partial charge in [0, 0.05) is 23.6 Å². The average Bonchev–Trinajstić information content (AvgIpc) is 3.14. The molecule has 0 spiro atoms. The van der Waals surface area contributed by atoms with Gasteiger partial charge < -0.3 is 14.6 Å². The van der Waals surface area contributed by atoms with Gasteiger partial charge in [-0.1, -0.05) is 19.9 Å². The predicted octanol–water partition coefficient (Wildman–Crippen LogP) is 5.24. The quantitative estimate of drug-likeness (QED) is 0.287. The van der Waals surface area contributed by atoms with Gasteiger partial charge in [-0.25, -0.2) is 0 Å². The van der Waals surface area contributed by atoms with Gasteiger partial charge in [0.2, 0.25) is 0 Å². The van der Waals surface area contributed by atoms with Crippen molar-refractivity contribution in [1.29, 1.82) is 0 Å². The number of ether oxygens (including phenoxy) is 2. The molecule has 2 aromatic carbocycles. The van der Waals surface area contributed by atoms with Crippen molar-refractivity contribution in [2.24, 2.45) is 0 Å². The third kappa shape index (κ3) is 4.49. The molecule has 1 atom stereocenters. The molecule has 4 rings (SSSR count). The van der Waals surface area contributed by atoms with E-state index in [0.717, 1.165) is 11.3 Å². The van der Waals surface area contributed by atoms with Gasteiger partial charge in [0.1, 0.15) is 17.3 Å². The van der Waals surface area contributed by atoms with E-state index >= 15 is 0 Å². The molecule has 0 bridgehead atoms. The summed E-state index contributed by atoms with van der Waals surface area (Å²) in [5, 5.41) is 11.4. The highest BCUT2D eigenvalue weighted by molar-refractivity contribution is 6.51. The average molecular weight is 473 g/mol. The Morgan fingerprint density at radius 3 is 2.46 bits per heavy atom. The Morgan fingerprint density at radius 2 is 1.86 bits per heavy atom. The summed E-state index contributed by atoms with van der Waals surface area (Å²) in [7, 11) is 1.55. The first-order valence-corrected chi connectivity index (χ1v) is 11.5. The largest absolute Gasteiger partial charge is 0.507 e. The zero-order chi connectivity index (χ0) is 25.1. The van der Waals surface area contributed by atoms with Crippen LogP contribution in [0.1, 0.15) is 49.4 Å². The Kier molecular flexibility index (Phi) is 6.87. The molecule has 1 N–H and O–H groups in total. The minimum Gasteiger partial charge on any atom is -0.507 e. The van der Waals surface area contributed by atoms with Crippen molar-refractivity contribution >= 4 is 23.1 Å². The van der Waals surface area contributed by atoms with E-state index in [1.165, 1.54) is 4.90 Å². The van der Waals surface area contributed by atoms with Crippen molar-refractivity contribution < 1.29 is 24.2 Å². The van der Waals surface area contributed by atoms with Crippen LogP contribution >= 0.6 is 0 Å². The number of ketones is 1. The Labute approximate surface area is 204 Å². The van der Waals surface area contributed by atoms with Crippen molar-refractivity contribution in [2.45, 2.75) is 32.7 Å². The fraction of sp³-hybridized carbons (Fsp3) is 0.250. The van der Waals surface area contributed by atoms with E-state index in [1.54, 1.807) is 68.0 Å². The first-order valence-electron chi connectivity index (χ1n) is 11.5. The number of anilines is 1. The molecule has 1 aliphatic rings. The van der Waals surface area contributed by atoms with E-state index in [1.807, 2.05) is 26.8 Å². The lowest BCUT2D eigenvalue weighted by Gasteiger charge is -2.25. The number of benzene rings is 2. The maximum Gasteiger partial charge on any atom is 0.300 e. The van der Waals surface area contributed by atoms with Crippen molar-refractivity contribution in [2.75, 3.05) is 18.6 Å². The topological polar surface area (TPSA) is 89.0 Å². The molecule has 0 aliphatic carbocycles. The highest BCUT2D eigenvalue weighted by atomic mass is 16.5. The second-order valence-corrected chi connectivity index (χ2v) is 8.49. The number of hydrogen-bond acceptors (Lipinski definition) is 6. The number of pyridine rings is 1. The van der Waals surface area contributed by atoms with E-state index in [2.05, 4.69) is 4.98 Å². The van der Waals surface area contributed by atoms with Crippen molar-refractivity contribution in [3.8, 4) is 11.5 Å². The summed E-state index contributed by atoms with van der Waals surface area (Å²) < 4.78 is 11.0. The lowest BCUT2D eigenvalue weighted by Crippen LogP contribution is -2.29. The van der Waals surface area contributed by atoms with Crippen LogP contribution in [0.2, 0.25) is 0 Å². The maximum absolute atomic E-state index is 13.3. The first-order chi connectivity index (χ1) is 16.9. The van der Waals surface area contributed by atoms with E-state index in [0.29, 0.717) is 29.2 Å². The summed E-state index contributed by atoms with van der Waals surface area (Å²) in [4.78, 5) is 32.2. The van der Waals surface area contributed by atoms with E-state index in [4.69, 9.17) is 9.47 Å². The number of nitrogens with zero attached hydrogens (tertiary/aromatic N) is 2. The fourth-order valence-electron chi connectivity index (χ4n) is 4.28. The fourth-order valence-corrected chi connectivity index (χ4v) is 4.28. The lowest BCUT2D eigenvalue weighted by molar-refractivity contribution is -0.132. The summed E-state index contributed by atoms with van der Waals surface area (Å²) >= 11 is 0. The summed E-state index contributed by atoms with van der Waals surface area (Å²) in [5.74, 6) is -0.244. The number of carbonyl (C=O) groups excluding carboxylic acids is 2. The van der Waals surface area contributed by atoms with Crippen LogP contribution < -0.4 is 14.4 Å². The molecule has 1 fully saturated rings. The number of rotatable bonds is 7. The molecule has 7 heteroatoms. The number of carbonyl (C=O) groups is 2. The Balaban J connectivity index is 1.90. The molecule has 1 saturated heterocycles. The number of aliphatic hydroxyl groups is 1. The van der Waals surface area contributed by atoms with E-state index < -0.39 is 17.7 Å². The highest BCUT2D eigenvalue weighted by Gasteiger charge is 2.47. The van der Waals surface area contributed by atoms with E-state index in [9.17, 15) is 14.7 Å². The monoisotopic (exact) mass is 472 g/mol. The number of hydrogen-bond donors (Lipinski definition) is 1. The molecule has 1 aliphatic heterocycles. The SMILES string of the molecule is CCOc1ccc(/C(O)=C2/C(=O)C(=O)N(c3ccc(OC)cc3)C2c2cccnc2)cc1C(C)C. The van der Waals surface area contributed by atoms with Gasteiger partial charge in [-0.15, -0.1) is 0 Å². The van der Waals surface area contributed by atoms with Gasteiger partial charge in [0.15, 0.2) is 0 Å². The van der Waals surface area contributed by atoms with Crippen LogP contribution in [-0.4, -0.2) is 35.5 Å². The molecule has 180 valence electrons. The third-order valence-electron chi connectivity index (χ3n) is 6.00. The van der Waals surface area contributed by atoms with Gasteiger partial charge in [-0.3, -0.25) is 19.5 Å². The normalized spacial score (nSPS) is 17.2. The number of amides is 1. The molecule has 2 heterocycles. The Hall–Kier alpha value is -4.13. The van der Waals surface area contributed by atoms with Gasteiger partial charge >= 0.3 is 0 Å². The molecule has 1 aromatic heterocycles. The highest BCUT2D eigenvalue weighted by Crippen LogP contribution is 2.42. The summed E-state index contributed by atoms with van der Waals surface area (Å²) in [6.45, 7) is 6.48. The number of aliphatic hydroxyl groups excluding tert-OH is 1. The van der Waals surface area contributed by atoms with Crippen LogP contribution in [-0.2, 0) is 9.59 Å². The molecule has 1 amide bonds. The zero-order valence-corrected chi connectivity index (χ0v) is 20.2. The second kappa shape index (κ2) is 10.0. The van der Waals surface area contributed by atoms with Crippen LogP contribution in [0.25, 0.3) is 5.76 Å². The molecular weight excluding hydrogens is 444 g/mol. The summed E-state index contributed by atoms with van der Waals surface area (Å²) in [6, 6.07) is 14.8. The van der Waals surface area contributed by atoms with Crippen LogP contribution in [0, 0.1) is 0 Å². The van der Waals surface area contributed by atoms with Crippen LogP contribution in [0.3, 0.4) is 0 Å². The first kappa shape index (κ1) is 24.0. The molecule has 0 saturated carbocycles. The summed E-state index contributed by atoms with van der Waals surface area (Å²) in [5.41, 5.74) is 2.48. The van der Waals surface area contributed by atoms with Gasteiger partial charge in [-0.05, 0) is 72.5 Å². The predicted molar refractivity (Wildman–Crippen MR) is 134 cm³/mol. The zero-order valence-electron chi connectivity index (χ0n) is 20.2. The lowest BCUT2D eigenvalue weighted by atomic mass is 9.93. The van der Waals surface area contributed by atoms with Crippen molar-refractivity contribution in [1.82, 2.24) is 4.98 Å². The second-order valence-electron chi connectivity index (χ2n) is 8.49. The summed E-state index contributed by atoms with van der Waals surface area (Å²) in [6.07, 6.45) is 3.21. The van der Waals surface area contributed by atoms with E-state index in [-0.39, 0.29) is 17.3 Å². The molecule has 3 aromatic rings. The number of Topliss-reactive ketones (excluding diaryl/α,β-unsaturated/α-hetero) is 1. The minimum absolute atomic E-state index is 0.0117. The molecule has 35 heavy (non-hydrogen) atoms. The smallest absolute Gasteiger partial charge is 0.300 e. The molecule has 1 unspecified atom stereocenters. The Bertz CT molecular complexity index is 1270. The van der Waals surface area contributed by atoms with Gasteiger partial charge in [0.05, 0.1) is 25.3 Å². The van der Waals surface area contributed by atoms with Crippen molar-refractivity contribution in [3.63, 3.8) is 0 Å². The molecule has 7 nitrogen and oxygen atoms in total. The third-order valence-corrected chi connectivity index (χ3v) is 6.00. The van der Waals surface area contributed by atoms with Gasteiger partial charge in [-0.2, -0.15) is 0 Å². The van der Waals surface area contributed by atoms with Gasteiger partial charge in [0.25, 0.3) is 11.7 Å². The molecular formula is C28H28N2O5. The van der Waals surface area contributed by atoms with Crippen LogP contribution in [0.5, 0.6) is 11.5 Å². The minimum atomic E-state index is -0.842. The molecule has 0 radical (unpaired) electrons. The Morgan fingerprint density at radius 1 is 1.11 bits per heavy atom. The standard InChI is InChI=1S/C28H28N2O5/c1-5-35-23-13-8-18(15-22(23)17(2)3)26(31)24-25(19-7-6-14-29-16-19)30(28(33)27(24)32)20-9-11-21(34-4)12-10-20/h6-17,25,31H,5H2,1-4H3/b26-24-. The van der Waals surface area contributed by atoms with Crippen LogP contribution in [0.15, 0.2) is 72.6 Å². The maximum atomic E-state index is 13.3. The number of aromatic nitrogens is 1. The van der Waals surface area contributed by atoms with Crippen LogP contribution in [0.4, 0.5) is 5.69 Å². The van der Waals surface area contributed by atoms with Crippen molar-refractivity contribution in [3.05, 3.63) is 89.3 Å². The number of methoxy groups -OCH3 is 1.